The number of hydrogen-bond donors (Lipinski definition) is 2. The molecule has 0 saturated carbocycles. The summed E-state index contributed by atoms with van der Waals surface area (Å²) in [6.45, 7) is 6.03. The zero-order chi connectivity index (χ0) is 21.1. The Hall–Kier alpha value is -2.73. The SMILES string of the molecule is CC(C(=O)Nc1ccc(F)cc1)c1ccc2c(c1)CCCN2C(=O)[C@@H](O)C(C)C. The van der Waals surface area contributed by atoms with Crippen molar-refractivity contribution < 1.29 is 19.1 Å². The topological polar surface area (TPSA) is 69.6 Å². The number of carbonyl (C=O) groups is 2. The summed E-state index contributed by atoms with van der Waals surface area (Å²) in [5.41, 5.74) is 3.19. The van der Waals surface area contributed by atoms with Crippen LogP contribution in [0.3, 0.4) is 0 Å². The third kappa shape index (κ3) is 4.65. The number of anilines is 2. The molecule has 1 aliphatic heterocycles. The molecule has 0 saturated heterocycles. The van der Waals surface area contributed by atoms with Crippen LogP contribution in [0, 0.1) is 11.7 Å². The summed E-state index contributed by atoms with van der Waals surface area (Å²) in [7, 11) is 0. The Balaban J connectivity index is 1.77. The van der Waals surface area contributed by atoms with E-state index in [0.717, 1.165) is 29.7 Å². The van der Waals surface area contributed by atoms with Crippen molar-refractivity contribution in [2.45, 2.75) is 45.6 Å². The molecule has 2 aromatic rings. The number of aliphatic hydroxyl groups is 1. The molecule has 2 aromatic carbocycles. The molecule has 1 heterocycles. The van der Waals surface area contributed by atoms with Gasteiger partial charge in [0.15, 0.2) is 0 Å². The third-order valence-corrected chi connectivity index (χ3v) is 5.38. The van der Waals surface area contributed by atoms with E-state index in [1.54, 1.807) is 4.90 Å². The number of halogens is 1. The van der Waals surface area contributed by atoms with E-state index < -0.39 is 12.0 Å². The Bertz CT molecular complexity index is 895. The molecular weight excluding hydrogens is 371 g/mol. The fourth-order valence-electron chi connectivity index (χ4n) is 3.50. The molecule has 29 heavy (non-hydrogen) atoms. The van der Waals surface area contributed by atoms with Crippen LogP contribution in [0.15, 0.2) is 42.5 Å². The molecular formula is C23H27FN2O3. The minimum Gasteiger partial charge on any atom is -0.383 e. The van der Waals surface area contributed by atoms with Crippen molar-refractivity contribution in [1.82, 2.24) is 0 Å². The van der Waals surface area contributed by atoms with Crippen LogP contribution < -0.4 is 10.2 Å². The summed E-state index contributed by atoms with van der Waals surface area (Å²) >= 11 is 0. The predicted octanol–water partition coefficient (Wildman–Crippen LogP) is 3.86. The van der Waals surface area contributed by atoms with E-state index in [0.29, 0.717) is 12.2 Å². The molecule has 0 spiro atoms. The number of amides is 2. The molecule has 0 radical (unpaired) electrons. The largest absolute Gasteiger partial charge is 0.383 e. The standard InChI is InChI=1S/C23H27FN2O3/c1-14(2)21(27)23(29)26-12-4-5-17-13-16(6-11-20(17)26)15(3)22(28)25-19-9-7-18(24)8-10-19/h6-11,13-15,21,27H,4-5,12H2,1-3H3,(H,25,28)/t15?,21-/m0/s1. The van der Waals surface area contributed by atoms with Gasteiger partial charge in [0.25, 0.3) is 5.91 Å². The molecule has 154 valence electrons. The predicted molar refractivity (Wildman–Crippen MR) is 111 cm³/mol. The van der Waals surface area contributed by atoms with Crippen LogP contribution in [0.5, 0.6) is 0 Å². The smallest absolute Gasteiger partial charge is 0.256 e. The zero-order valence-electron chi connectivity index (χ0n) is 17.0. The van der Waals surface area contributed by atoms with E-state index in [2.05, 4.69) is 5.32 Å². The number of hydrogen-bond acceptors (Lipinski definition) is 3. The van der Waals surface area contributed by atoms with Crippen molar-refractivity contribution in [3.63, 3.8) is 0 Å². The van der Waals surface area contributed by atoms with Gasteiger partial charge in [0, 0.05) is 17.9 Å². The average Bonchev–Trinajstić information content (AvgIpc) is 2.72. The lowest BCUT2D eigenvalue weighted by Gasteiger charge is -2.32. The van der Waals surface area contributed by atoms with Crippen molar-refractivity contribution in [3.8, 4) is 0 Å². The lowest BCUT2D eigenvalue weighted by molar-refractivity contribution is -0.128. The van der Waals surface area contributed by atoms with Crippen molar-refractivity contribution in [3.05, 3.63) is 59.4 Å². The van der Waals surface area contributed by atoms with Crippen molar-refractivity contribution in [2.75, 3.05) is 16.8 Å². The summed E-state index contributed by atoms with van der Waals surface area (Å²) in [6.07, 6.45) is 0.598. The van der Waals surface area contributed by atoms with Crippen LogP contribution in [-0.4, -0.2) is 29.6 Å². The average molecular weight is 398 g/mol. The van der Waals surface area contributed by atoms with Gasteiger partial charge in [0.1, 0.15) is 11.9 Å². The highest BCUT2D eigenvalue weighted by Crippen LogP contribution is 2.31. The monoisotopic (exact) mass is 398 g/mol. The van der Waals surface area contributed by atoms with Gasteiger partial charge < -0.3 is 15.3 Å². The van der Waals surface area contributed by atoms with Gasteiger partial charge in [-0.2, -0.15) is 0 Å². The van der Waals surface area contributed by atoms with E-state index in [1.807, 2.05) is 39.0 Å². The first-order valence-electron chi connectivity index (χ1n) is 9.96. The highest BCUT2D eigenvalue weighted by atomic mass is 19.1. The van der Waals surface area contributed by atoms with Gasteiger partial charge in [0.05, 0.1) is 5.92 Å². The summed E-state index contributed by atoms with van der Waals surface area (Å²) in [6, 6.07) is 11.3. The molecule has 2 N–H and O–H groups in total. The highest BCUT2D eigenvalue weighted by molar-refractivity contribution is 5.98. The van der Waals surface area contributed by atoms with Gasteiger partial charge in [-0.3, -0.25) is 9.59 Å². The molecule has 6 heteroatoms. The first-order valence-corrected chi connectivity index (χ1v) is 9.96. The van der Waals surface area contributed by atoms with E-state index in [4.69, 9.17) is 0 Å². The third-order valence-electron chi connectivity index (χ3n) is 5.38. The van der Waals surface area contributed by atoms with Gasteiger partial charge in [-0.1, -0.05) is 26.0 Å². The fourth-order valence-corrected chi connectivity index (χ4v) is 3.50. The summed E-state index contributed by atoms with van der Waals surface area (Å²) < 4.78 is 13.0. The number of nitrogens with zero attached hydrogens (tertiary/aromatic N) is 1. The number of aliphatic hydroxyl groups excluding tert-OH is 1. The second-order valence-electron chi connectivity index (χ2n) is 7.89. The van der Waals surface area contributed by atoms with Crippen LogP contribution in [0.2, 0.25) is 0 Å². The number of fused-ring (bicyclic) bond motifs is 1. The normalized spacial score (nSPS) is 15.6. The maximum absolute atomic E-state index is 13.0. The lowest BCUT2D eigenvalue weighted by Crippen LogP contribution is -2.44. The molecule has 0 bridgehead atoms. The van der Waals surface area contributed by atoms with Crippen molar-refractivity contribution in [2.24, 2.45) is 5.92 Å². The van der Waals surface area contributed by atoms with Gasteiger partial charge in [-0.25, -0.2) is 4.39 Å². The summed E-state index contributed by atoms with van der Waals surface area (Å²) in [5.74, 6) is -1.38. The van der Waals surface area contributed by atoms with Crippen LogP contribution in [0.25, 0.3) is 0 Å². The van der Waals surface area contributed by atoms with Crippen LogP contribution in [0.4, 0.5) is 15.8 Å². The molecule has 3 rings (SSSR count). The number of aryl methyl sites for hydroxylation is 1. The van der Waals surface area contributed by atoms with Gasteiger partial charge in [0.2, 0.25) is 5.91 Å². The lowest BCUT2D eigenvalue weighted by atomic mass is 9.92. The Labute approximate surface area is 170 Å². The molecule has 1 unspecified atom stereocenters. The van der Waals surface area contributed by atoms with E-state index in [1.165, 1.54) is 24.3 Å². The zero-order valence-corrected chi connectivity index (χ0v) is 17.0. The first-order chi connectivity index (χ1) is 13.8. The second-order valence-corrected chi connectivity index (χ2v) is 7.89. The molecule has 0 aliphatic carbocycles. The Morgan fingerprint density at radius 3 is 2.45 bits per heavy atom. The van der Waals surface area contributed by atoms with Gasteiger partial charge >= 0.3 is 0 Å². The Kier molecular flexibility index (Phi) is 6.33. The van der Waals surface area contributed by atoms with Gasteiger partial charge in [-0.05, 0) is 67.1 Å². The fraction of sp³-hybridized carbons (Fsp3) is 0.391. The Morgan fingerprint density at radius 1 is 1.10 bits per heavy atom. The van der Waals surface area contributed by atoms with Gasteiger partial charge in [-0.15, -0.1) is 0 Å². The first kappa shape index (κ1) is 21.0. The number of rotatable bonds is 5. The van der Waals surface area contributed by atoms with Crippen molar-refractivity contribution >= 4 is 23.2 Å². The Morgan fingerprint density at radius 2 is 1.79 bits per heavy atom. The van der Waals surface area contributed by atoms with Crippen LogP contribution in [-0.2, 0) is 16.0 Å². The van der Waals surface area contributed by atoms with Crippen LogP contribution in [0.1, 0.15) is 44.2 Å². The summed E-state index contributed by atoms with van der Waals surface area (Å²) in [5, 5.41) is 13.0. The molecule has 5 nitrogen and oxygen atoms in total. The maximum Gasteiger partial charge on any atom is 0.256 e. The molecule has 2 atom stereocenters. The molecule has 0 fully saturated rings. The number of benzene rings is 2. The van der Waals surface area contributed by atoms with Crippen molar-refractivity contribution in [1.29, 1.82) is 0 Å². The number of carbonyl (C=O) groups excluding carboxylic acids is 2. The molecule has 2 amide bonds. The van der Waals surface area contributed by atoms with Crippen LogP contribution >= 0.6 is 0 Å². The second kappa shape index (κ2) is 8.74. The van der Waals surface area contributed by atoms with E-state index in [-0.39, 0.29) is 23.5 Å². The number of nitrogens with one attached hydrogen (secondary N) is 1. The van der Waals surface area contributed by atoms with E-state index in [9.17, 15) is 19.1 Å². The minimum atomic E-state index is -1.03. The minimum absolute atomic E-state index is 0.151. The quantitative estimate of drug-likeness (QED) is 0.803. The maximum atomic E-state index is 13.0. The summed E-state index contributed by atoms with van der Waals surface area (Å²) in [4.78, 5) is 26.9. The van der Waals surface area contributed by atoms with E-state index >= 15 is 0 Å². The molecule has 0 aromatic heterocycles. The highest BCUT2D eigenvalue weighted by Gasteiger charge is 2.29. The molecule has 1 aliphatic rings.